The van der Waals surface area contributed by atoms with Gasteiger partial charge >= 0.3 is 0 Å². The average Bonchev–Trinajstić information content (AvgIpc) is 3.55. The van der Waals surface area contributed by atoms with Crippen molar-refractivity contribution in [2.45, 2.75) is 87.9 Å². The monoisotopic (exact) mass is 492 g/mol. The lowest BCUT2D eigenvalue weighted by Gasteiger charge is -2.41. The number of carbonyl (C=O) groups is 2. The number of rotatable bonds is 8. The average molecular weight is 493 g/mol. The summed E-state index contributed by atoms with van der Waals surface area (Å²) in [6, 6.07) is 0.352. The van der Waals surface area contributed by atoms with E-state index in [0.29, 0.717) is 19.1 Å². The predicted octanol–water partition coefficient (Wildman–Crippen LogP) is -0.919. The molecule has 2 amide bonds. The minimum atomic E-state index is -0.109. The van der Waals surface area contributed by atoms with Crippen molar-refractivity contribution in [2.75, 3.05) is 59.0 Å². The minimum Gasteiger partial charge on any atom is -0.394 e. The Bertz CT molecular complexity index is 727. The molecule has 5 fully saturated rings. The molecule has 5 saturated heterocycles. The largest absolute Gasteiger partial charge is 0.394 e. The van der Waals surface area contributed by atoms with Crippen LogP contribution in [0, 0.1) is 0 Å². The number of aliphatic hydroxyl groups is 1. The second-order valence-electron chi connectivity index (χ2n) is 11.0. The van der Waals surface area contributed by atoms with Crippen molar-refractivity contribution in [1.29, 1.82) is 0 Å². The smallest absolute Gasteiger partial charge is 0.237 e. The SMILES string of the molecule is O=C1NCC(CCC(=O)N2CCN(C3CCCCN3)CC2)N2CC(NCC3CCC(CO)O3)CC12. The molecule has 0 aliphatic carbocycles. The van der Waals surface area contributed by atoms with Gasteiger partial charge in [-0.1, -0.05) is 0 Å². The zero-order valence-corrected chi connectivity index (χ0v) is 21.0. The molecule has 5 aliphatic heterocycles. The summed E-state index contributed by atoms with van der Waals surface area (Å²) in [5, 5.41) is 19.6. The Balaban J connectivity index is 1.05. The van der Waals surface area contributed by atoms with Crippen molar-refractivity contribution in [2.24, 2.45) is 0 Å². The van der Waals surface area contributed by atoms with Crippen molar-refractivity contribution >= 4 is 11.8 Å². The normalized spacial score (nSPS) is 36.8. The maximum Gasteiger partial charge on any atom is 0.237 e. The van der Waals surface area contributed by atoms with Crippen molar-refractivity contribution in [3.8, 4) is 0 Å². The molecule has 0 bridgehead atoms. The number of nitrogens with zero attached hydrogens (tertiary/aromatic N) is 3. The van der Waals surface area contributed by atoms with Gasteiger partial charge in [0.05, 0.1) is 31.0 Å². The summed E-state index contributed by atoms with van der Waals surface area (Å²) in [6.45, 7) is 6.95. The summed E-state index contributed by atoms with van der Waals surface area (Å²) >= 11 is 0. The standard InChI is InChI=1S/C25H44N6O4/c32-17-21-6-5-20(35-21)15-27-18-13-22-25(34)28-14-19(31(22)16-18)4-7-24(33)30-11-9-29(10-12-30)23-3-1-2-8-26-23/h18-23,26-27,32H,1-17H2,(H,28,34). The van der Waals surface area contributed by atoms with Crippen LogP contribution < -0.4 is 16.0 Å². The molecule has 4 N–H and O–H groups in total. The molecule has 10 nitrogen and oxygen atoms in total. The molecule has 0 saturated carbocycles. The second-order valence-corrected chi connectivity index (χ2v) is 11.0. The number of carbonyl (C=O) groups excluding carboxylic acids is 2. The van der Waals surface area contributed by atoms with Gasteiger partial charge in [0.15, 0.2) is 0 Å². The third kappa shape index (κ3) is 6.17. The molecule has 0 aromatic carbocycles. The summed E-state index contributed by atoms with van der Waals surface area (Å²) in [6.07, 6.45) is 8.37. The molecule has 0 aromatic heterocycles. The van der Waals surface area contributed by atoms with E-state index in [1.807, 2.05) is 4.90 Å². The highest BCUT2D eigenvalue weighted by molar-refractivity contribution is 5.83. The quantitative estimate of drug-likeness (QED) is 0.345. The lowest BCUT2D eigenvalue weighted by Crippen LogP contribution is -2.58. The molecule has 6 atom stereocenters. The lowest BCUT2D eigenvalue weighted by molar-refractivity contribution is -0.134. The molecule has 0 spiro atoms. The van der Waals surface area contributed by atoms with Crippen LogP contribution >= 0.6 is 0 Å². The zero-order chi connectivity index (χ0) is 24.2. The number of piperazine rings is 2. The third-order valence-corrected chi connectivity index (χ3v) is 8.74. The molecule has 0 aromatic rings. The molecular formula is C25H44N6O4. The van der Waals surface area contributed by atoms with Crippen molar-refractivity contribution in [3.05, 3.63) is 0 Å². The van der Waals surface area contributed by atoms with Crippen LogP contribution in [0.25, 0.3) is 0 Å². The fourth-order valence-corrected chi connectivity index (χ4v) is 6.63. The van der Waals surface area contributed by atoms with Crippen LogP contribution in [0.1, 0.15) is 51.4 Å². The fraction of sp³-hybridized carbons (Fsp3) is 0.920. The Morgan fingerprint density at radius 3 is 2.69 bits per heavy atom. The van der Waals surface area contributed by atoms with E-state index in [1.54, 1.807) is 0 Å². The molecule has 0 radical (unpaired) electrons. The van der Waals surface area contributed by atoms with E-state index in [1.165, 1.54) is 19.3 Å². The Labute approximate surface area is 209 Å². The van der Waals surface area contributed by atoms with Gasteiger partial charge in [-0.3, -0.25) is 19.4 Å². The van der Waals surface area contributed by atoms with Gasteiger partial charge in [-0.2, -0.15) is 0 Å². The van der Waals surface area contributed by atoms with Gasteiger partial charge in [0, 0.05) is 64.3 Å². The van der Waals surface area contributed by atoms with Gasteiger partial charge in [-0.05, 0) is 51.5 Å². The van der Waals surface area contributed by atoms with E-state index >= 15 is 0 Å². The number of ether oxygens (including phenoxy) is 1. The fourth-order valence-electron chi connectivity index (χ4n) is 6.63. The lowest BCUT2D eigenvalue weighted by atomic mass is 10.0. The number of nitrogens with one attached hydrogen (secondary N) is 3. The van der Waals surface area contributed by atoms with Crippen LogP contribution in [0.3, 0.4) is 0 Å². The van der Waals surface area contributed by atoms with Crippen LogP contribution in [0.2, 0.25) is 0 Å². The highest BCUT2D eigenvalue weighted by atomic mass is 16.5. The number of piperidine rings is 1. The minimum absolute atomic E-state index is 0.0312. The van der Waals surface area contributed by atoms with Gasteiger partial charge in [0.1, 0.15) is 0 Å². The van der Waals surface area contributed by atoms with Crippen LogP contribution in [0.15, 0.2) is 0 Å². The van der Waals surface area contributed by atoms with E-state index < -0.39 is 0 Å². The Morgan fingerprint density at radius 2 is 1.94 bits per heavy atom. The first-order valence-electron chi connectivity index (χ1n) is 13.9. The molecule has 5 heterocycles. The number of hydrogen-bond acceptors (Lipinski definition) is 8. The van der Waals surface area contributed by atoms with E-state index in [2.05, 4.69) is 25.8 Å². The van der Waals surface area contributed by atoms with Crippen LogP contribution in [0.4, 0.5) is 0 Å². The summed E-state index contributed by atoms with van der Waals surface area (Å²) < 4.78 is 5.84. The van der Waals surface area contributed by atoms with Gasteiger partial charge in [0.2, 0.25) is 11.8 Å². The molecule has 10 heteroatoms. The Kier molecular flexibility index (Phi) is 8.57. The third-order valence-electron chi connectivity index (χ3n) is 8.74. The summed E-state index contributed by atoms with van der Waals surface area (Å²) in [5.41, 5.74) is 0. The predicted molar refractivity (Wildman–Crippen MR) is 132 cm³/mol. The number of fused-ring (bicyclic) bond motifs is 1. The summed E-state index contributed by atoms with van der Waals surface area (Å²) in [7, 11) is 0. The van der Waals surface area contributed by atoms with Crippen LogP contribution in [-0.2, 0) is 14.3 Å². The number of aliphatic hydroxyl groups excluding tert-OH is 1. The van der Waals surface area contributed by atoms with Crippen molar-refractivity contribution in [1.82, 2.24) is 30.7 Å². The van der Waals surface area contributed by atoms with Crippen LogP contribution in [0.5, 0.6) is 0 Å². The Morgan fingerprint density at radius 1 is 1.11 bits per heavy atom. The van der Waals surface area contributed by atoms with Crippen molar-refractivity contribution < 1.29 is 19.4 Å². The van der Waals surface area contributed by atoms with E-state index in [-0.39, 0.29) is 48.8 Å². The second kappa shape index (κ2) is 11.8. The van der Waals surface area contributed by atoms with Gasteiger partial charge in [0.25, 0.3) is 0 Å². The molecule has 35 heavy (non-hydrogen) atoms. The van der Waals surface area contributed by atoms with Gasteiger partial charge in [-0.15, -0.1) is 0 Å². The first-order valence-corrected chi connectivity index (χ1v) is 13.9. The van der Waals surface area contributed by atoms with Crippen LogP contribution in [-0.4, -0.2) is 127 Å². The molecular weight excluding hydrogens is 448 g/mol. The maximum atomic E-state index is 13.0. The van der Waals surface area contributed by atoms with Crippen molar-refractivity contribution in [3.63, 3.8) is 0 Å². The van der Waals surface area contributed by atoms with E-state index in [4.69, 9.17) is 4.74 Å². The van der Waals surface area contributed by atoms with Gasteiger partial charge < -0.3 is 30.7 Å². The Hall–Kier alpha value is -1.30. The zero-order valence-electron chi connectivity index (χ0n) is 21.0. The first-order chi connectivity index (χ1) is 17.1. The number of hydrogen-bond donors (Lipinski definition) is 4. The molecule has 198 valence electrons. The molecule has 5 aliphatic rings. The van der Waals surface area contributed by atoms with E-state index in [0.717, 1.165) is 71.5 Å². The molecule has 5 rings (SSSR count). The highest BCUT2D eigenvalue weighted by Gasteiger charge is 2.43. The molecule has 6 unspecified atom stereocenters. The number of amides is 2. The summed E-state index contributed by atoms with van der Waals surface area (Å²) in [5.74, 6) is 0.363. The topological polar surface area (TPSA) is 109 Å². The maximum absolute atomic E-state index is 13.0. The highest BCUT2D eigenvalue weighted by Crippen LogP contribution is 2.27. The van der Waals surface area contributed by atoms with Gasteiger partial charge in [-0.25, -0.2) is 0 Å². The van der Waals surface area contributed by atoms with E-state index in [9.17, 15) is 14.7 Å². The summed E-state index contributed by atoms with van der Waals surface area (Å²) in [4.78, 5) is 32.4. The first kappa shape index (κ1) is 25.4.